The van der Waals surface area contributed by atoms with Gasteiger partial charge < -0.3 is 14.2 Å². The normalized spacial score (nSPS) is 14.8. The first-order valence-corrected chi connectivity index (χ1v) is 11.6. The monoisotopic (exact) mass is 466 g/mol. The summed E-state index contributed by atoms with van der Waals surface area (Å²) in [4.78, 5) is 31.1. The number of benzene rings is 2. The Morgan fingerprint density at radius 3 is 2.70 bits per heavy atom. The molecule has 1 aromatic heterocycles. The second kappa shape index (κ2) is 9.68. The van der Waals surface area contributed by atoms with Crippen molar-refractivity contribution in [2.75, 3.05) is 31.2 Å². The third-order valence-electron chi connectivity index (χ3n) is 5.65. The molecule has 3 aromatic rings. The van der Waals surface area contributed by atoms with E-state index in [1.54, 1.807) is 18.2 Å². The molecule has 0 saturated carbocycles. The Hall–Kier alpha value is -3.30. The minimum absolute atomic E-state index is 0.102. The average Bonchev–Trinajstić information content (AvgIpc) is 3.15. The molecule has 0 atom stereocenters. The number of fused-ring (bicyclic) bond motifs is 1. The molecule has 0 spiro atoms. The topological polar surface area (TPSA) is 90.0 Å². The van der Waals surface area contributed by atoms with E-state index in [4.69, 9.17) is 4.74 Å². The van der Waals surface area contributed by atoms with Crippen LogP contribution in [0.25, 0.3) is 10.2 Å². The molecule has 1 fully saturated rings. The Morgan fingerprint density at radius 2 is 2.03 bits per heavy atom. The number of morpholine rings is 1. The summed E-state index contributed by atoms with van der Waals surface area (Å²) in [6.45, 7) is 10.8. The van der Waals surface area contributed by atoms with Crippen LogP contribution in [0, 0.1) is 10.1 Å². The highest BCUT2D eigenvalue weighted by molar-refractivity contribution is 7.16. The number of aromatic nitrogens is 1. The number of ether oxygens (including phenoxy) is 1. The summed E-state index contributed by atoms with van der Waals surface area (Å²) in [5.74, 6) is -0.128. The van der Waals surface area contributed by atoms with Crippen LogP contribution >= 0.6 is 11.3 Å². The molecule has 4 rings (SSSR count). The number of nitro benzene ring substituents is 1. The van der Waals surface area contributed by atoms with Gasteiger partial charge in [0.15, 0.2) is 4.80 Å². The van der Waals surface area contributed by atoms with Crippen LogP contribution in [0.4, 0.5) is 11.4 Å². The lowest BCUT2D eigenvalue weighted by molar-refractivity contribution is -0.384. The first-order chi connectivity index (χ1) is 15.9. The van der Waals surface area contributed by atoms with Gasteiger partial charge in [0, 0.05) is 31.3 Å². The highest BCUT2D eigenvalue weighted by Gasteiger charge is 2.23. The van der Waals surface area contributed by atoms with Crippen LogP contribution < -0.4 is 9.70 Å². The van der Waals surface area contributed by atoms with Gasteiger partial charge in [-0.3, -0.25) is 14.9 Å². The van der Waals surface area contributed by atoms with Crippen LogP contribution in [-0.4, -0.2) is 41.7 Å². The fourth-order valence-corrected chi connectivity index (χ4v) is 4.95. The molecule has 1 saturated heterocycles. The standard InChI is InChI=1S/C24H26N4O4S/c1-4-9-27-20-8-5-17(16(2)3)15-22(20)33-24(27)25-23(29)18-6-7-19(21(14-18)28(30)31)26-10-12-32-13-11-26/h4-8,14-16H,1,9-13H2,2-3H3. The zero-order valence-electron chi connectivity index (χ0n) is 18.7. The molecule has 0 bridgehead atoms. The zero-order chi connectivity index (χ0) is 23.5. The van der Waals surface area contributed by atoms with Crippen molar-refractivity contribution in [3.63, 3.8) is 0 Å². The maximum atomic E-state index is 13.0. The van der Waals surface area contributed by atoms with Gasteiger partial charge >= 0.3 is 0 Å². The van der Waals surface area contributed by atoms with Gasteiger partial charge in [-0.15, -0.1) is 6.58 Å². The first-order valence-electron chi connectivity index (χ1n) is 10.8. The maximum Gasteiger partial charge on any atom is 0.293 e. The van der Waals surface area contributed by atoms with E-state index in [2.05, 4.69) is 37.6 Å². The number of anilines is 1. The van der Waals surface area contributed by atoms with E-state index < -0.39 is 10.8 Å². The number of hydrogen-bond donors (Lipinski definition) is 0. The van der Waals surface area contributed by atoms with Crippen LogP contribution in [0.2, 0.25) is 0 Å². The number of hydrogen-bond acceptors (Lipinski definition) is 6. The molecule has 9 heteroatoms. The van der Waals surface area contributed by atoms with E-state index in [0.29, 0.717) is 49.3 Å². The quantitative estimate of drug-likeness (QED) is 0.303. The molecule has 1 aliphatic rings. The lowest BCUT2D eigenvalue weighted by Gasteiger charge is -2.28. The molecular weight excluding hydrogens is 440 g/mol. The summed E-state index contributed by atoms with van der Waals surface area (Å²) in [6, 6.07) is 10.8. The number of nitrogens with zero attached hydrogens (tertiary/aromatic N) is 4. The molecule has 2 aromatic carbocycles. The van der Waals surface area contributed by atoms with Crippen LogP contribution in [0.3, 0.4) is 0 Å². The molecule has 8 nitrogen and oxygen atoms in total. The minimum atomic E-state index is -0.514. The second-order valence-electron chi connectivity index (χ2n) is 8.14. The Balaban J connectivity index is 1.75. The fourth-order valence-electron chi connectivity index (χ4n) is 3.87. The second-order valence-corrected chi connectivity index (χ2v) is 9.15. The van der Waals surface area contributed by atoms with Crippen molar-refractivity contribution in [2.45, 2.75) is 26.3 Å². The summed E-state index contributed by atoms with van der Waals surface area (Å²) >= 11 is 1.43. The Labute approximate surface area is 195 Å². The molecule has 0 radical (unpaired) electrons. The molecule has 0 aliphatic carbocycles. The summed E-state index contributed by atoms with van der Waals surface area (Å²) in [5, 5.41) is 11.7. The van der Waals surface area contributed by atoms with Crippen LogP contribution in [0.5, 0.6) is 0 Å². The number of carbonyl (C=O) groups excluding carboxylic acids is 1. The summed E-state index contributed by atoms with van der Waals surface area (Å²) in [7, 11) is 0. The number of allylic oxidation sites excluding steroid dienone is 1. The van der Waals surface area contributed by atoms with Crippen LogP contribution in [0.15, 0.2) is 54.0 Å². The summed E-state index contributed by atoms with van der Waals surface area (Å²) < 4.78 is 8.30. The van der Waals surface area contributed by atoms with Gasteiger partial charge in [-0.05, 0) is 35.7 Å². The molecular formula is C24H26N4O4S. The molecule has 2 heterocycles. The fraction of sp³-hybridized carbons (Fsp3) is 0.333. The smallest absolute Gasteiger partial charge is 0.293 e. The van der Waals surface area contributed by atoms with E-state index in [9.17, 15) is 14.9 Å². The van der Waals surface area contributed by atoms with E-state index in [1.807, 2.05) is 15.5 Å². The van der Waals surface area contributed by atoms with Crippen molar-refractivity contribution < 1.29 is 14.5 Å². The number of carbonyl (C=O) groups is 1. The van der Waals surface area contributed by atoms with E-state index >= 15 is 0 Å². The molecule has 1 amide bonds. The van der Waals surface area contributed by atoms with Gasteiger partial charge in [0.1, 0.15) is 5.69 Å². The Morgan fingerprint density at radius 1 is 1.27 bits per heavy atom. The number of nitro groups is 1. The first kappa shape index (κ1) is 22.9. The van der Waals surface area contributed by atoms with Gasteiger partial charge in [-0.1, -0.05) is 37.3 Å². The van der Waals surface area contributed by atoms with Crippen LogP contribution in [-0.2, 0) is 11.3 Å². The van der Waals surface area contributed by atoms with Crippen molar-refractivity contribution in [3.05, 3.63) is 75.1 Å². The molecule has 33 heavy (non-hydrogen) atoms. The highest BCUT2D eigenvalue weighted by atomic mass is 32.1. The van der Waals surface area contributed by atoms with Crippen molar-refractivity contribution in [1.29, 1.82) is 0 Å². The Kier molecular flexibility index (Phi) is 6.71. The van der Waals surface area contributed by atoms with Gasteiger partial charge in [0.2, 0.25) is 0 Å². The predicted octanol–water partition coefficient (Wildman–Crippen LogP) is 4.50. The van der Waals surface area contributed by atoms with Gasteiger partial charge in [0.05, 0.1) is 28.4 Å². The molecule has 0 unspecified atom stereocenters. The van der Waals surface area contributed by atoms with E-state index in [0.717, 1.165) is 10.2 Å². The minimum Gasteiger partial charge on any atom is -0.378 e. The number of rotatable bonds is 6. The van der Waals surface area contributed by atoms with Gasteiger partial charge in [-0.25, -0.2) is 0 Å². The Bertz CT molecular complexity index is 1290. The van der Waals surface area contributed by atoms with E-state index in [1.165, 1.54) is 23.0 Å². The van der Waals surface area contributed by atoms with Gasteiger partial charge in [0.25, 0.3) is 11.6 Å². The number of thiazole rings is 1. The van der Waals surface area contributed by atoms with Crippen molar-refractivity contribution in [2.24, 2.45) is 4.99 Å². The van der Waals surface area contributed by atoms with Crippen molar-refractivity contribution in [1.82, 2.24) is 4.57 Å². The number of amides is 1. The lowest BCUT2D eigenvalue weighted by atomic mass is 10.0. The molecule has 172 valence electrons. The highest BCUT2D eigenvalue weighted by Crippen LogP contribution is 2.30. The predicted molar refractivity (Wildman–Crippen MR) is 130 cm³/mol. The van der Waals surface area contributed by atoms with Crippen molar-refractivity contribution >= 4 is 38.8 Å². The third-order valence-corrected chi connectivity index (χ3v) is 6.69. The largest absolute Gasteiger partial charge is 0.378 e. The molecule has 0 N–H and O–H groups in total. The zero-order valence-corrected chi connectivity index (χ0v) is 19.5. The SMILES string of the molecule is C=CCn1c(=NC(=O)c2ccc(N3CCOCC3)c([N+](=O)[O-])c2)sc2cc(C(C)C)ccc21. The molecule has 1 aliphatic heterocycles. The lowest BCUT2D eigenvalue weighted by Crippen LogP contribution is -2.36. The van der Waals surface area contributed by atoms with Crippen LogP contribution in [0.1, 0.15) is 35.7 Å². The average molecular weight is 467 g/mol. The third kappa shape index (κ3) is 4.74. The van der Waals surface area contributed by atoms with E-state index in [-0.39, 0.29) is 11.3 Å². The van der Waals surface area contributed by atoms with Gasteiger partial charge in [-0.2, -0.15) is 4.99 Å². The summed E-state index contributed by atoms with van der Waals surface area (Å²) in [5.41, 5.74) is 2.76. The van der Waals surface area contributed by atoms with Crippen molar-refractivity contribution in [3.8, 4) is 0 Å². The summed E-state index contributed by atoms with van der Waals surface area (Å²) in [6.07, 6.45) is 1.76. The maximum absolute atomic E-state index is 13.0.